The van der Waals surface area contributed by atoms with Gasteiger partial charge >= 0.3 is 0 Å². The summed E-state index contributed by atoms with van der Waals surface area (Å²) in [5, 5.41) is 0. The molecule has 3 heterocycles. The smallest absolute Gasteiger partial charge is 0.228 e. The van der Waals surface area contributed by atoms with Crippen LogP contribution in [0.2, 0.25) is 0 Å². The average Bonchev–Trinajstić information content (AvgIpc) is 3.15. The van der Waals surface area contributed by atoms with Crippen molar-refractivity contribution >= 4 is 11.6 Å². The van der Waals surface area contributed by atoms with Crippen molar-refractivity contribution in [3.63, 3.8) is 0 Å². The molecule has 3 saturated heterocycles. The molecule has 4 nitrogen and oxygen atoms in total. The first kappa shape index (κ1) is 14.1. The minimum Gasteiger partial charge on any atom is -0.381 e. The molecule has 3 aliphatic heterocycles. The van der Waals surface area contributed by atoms with Gasteiger partial charge in [0.05, 0.1) is 12.5 Å². The van der Waals surface area contributed by atoms with Crippen molar-refractivity contribution in [2.45, 2.75) is 12.8 Å². The van der Waals surface area contributed by atoms with Crippen LogP contribution in [0.5, 0.6) is 0 Å². The van der Waals surface area contributed by atoms with Crippen LogP contribution in [0.25, 0.3) is 0 Å². The van der Waals surface area contributed by atoms with Gasteiger partial charge in [0.25, 0.3) is 0 Å². The van der Waals surface area contributed by atoms with Crippen LogP contribution in [0, 0.1) is 17.8 Å². The number of benzene rings is 1. The highest BCUT2D eigenvalue weighted by Gasteiger charge is 2.42. The number of ether oxygens (including phenoxy) is 1. The summed E-state index contributed by atoms with van der Waals surface area (Å²) in [6.07, 6.45) is 2.03. The number of para-hydroxylation sites is 1. The van der Waals surface area contributed by atoms with Crippen molar-refractivity contribution in [2.75, 3.05) is 44.3 Å². The van der Waals surface area contributed by atoms with Crippen molar-refractivity contribution in [3.05, 3.63) is 30.3 Å². The highest BCUT2D eigenvalue weighted by atomic mass is 16.5. The molecular formula is C18H24N2O2. The van der Waals surface area contributed by atoms with Crippen LogP contribution in [0.15, 0.2) is 30.3 Å². The number of hydrogen-bond acceptors (Lipinski definition) is 3. The van der Waals surface area contributed by atoms with Crippen LogP contribution in [-0.4, -0.2) is 50.2 Å². The lowest BCUT2D eigenvalue weighted by Gasteiger charge is -2.28. The van der Waals surface area contributed by atoms with E-state index in [0.717, 1.165) is 45.6 Å². The van der Waals surface area contributed by atoms with E-state index in [1.165, 1.54) is 5.69 Å². The minimum absolute atomic E-state index is 0.109. The number of rotatable bonds is 2. The summed E-state index contributed by atoms with van der Waals surface area (Å²) in [5.41, 5.74) is 1.32. The third kappa shape index (κ3) is 2.60. The fourth-order valence-electron chi connectivity index (χ4n) is 4.22. The van der Waals surface area contributed by atoms with Gasteiger partial charge in [-0.25, -0.2) is 0 Å². The van der Waals surface area contributed by atoms with Crippen LogP contribution in [0.1, 0.15) is 12.8 Å². The van der Waals surface area contributed by atoms with E-state index in [9.17, 15) is 4.79 Å². The highest BCUT2D eigenvalue weighted by Crippen LogP contribution is 2.34. The molecule has 4 rings (SSSR count). The lowest BCUT2D eigenvalue weighted by atomic mass is 10.0. The van der Waals surface area contributed by atoms with E-state index in [2.05, 4.69) is 40.1 Å². The van der Waals surface area contributed by atoms with Gasteiger partial charge in [0.15, 0.2) is 0 Å². The maximum Gasteiger partial charge on any atom is 0.228 e. The Kier molecular flexibility index (Phi) is 3.78. The van der Waals surface area contributed by atoms with E-state index < -0.39 is 0 Å². The maximum atomic E-state index is 12.6. The summed E-state index contributed by atoms with van der Waals surface area (Å²) in [6.45, 7) is 5.48. The summed E-state index contributed by atoms with van der Waals surface area (Å²) in [4.78, 5) is 17.2. The molecule has 1 amide bonds. The lowest BCUT2D eigenvalue weighted by molar-refractivity contribution is -0.138. The molecular weight excluding hydrogens is 276 g/mol. The molecule has 0 aliphatic carbocycles. The van der Waals surface area contributed by atoms with Gasteiger partial charge in [-0.2, -0.15) is 0 Å². The van der Waals surface area contributed by atoms with E-state index in [0.29, 0.717) is 24.3 Å². The molecule has 0 spiro atoms. The zero-order chi connectivity index (χ0) is 14.9. The Hall–Kier alpha value is -1.55. The molecule has 0 aromatic heterocycles. The van der Waals surface area contributed by atoms with Gasteiger partial charge in [-0.3, -0.25) is 4.79 Å². The third-order valence-electron chi connectivity index (χ3n) is 5.43. The normalized spacial score (nSPS) is 31.4. The number of likely N-dealkylation sites (tertiary alicyclic amines) is 1. The minimum atomic E-state index is 0.109. The number of amides is 1. The second kappa shape index (κ2) is 5.92. The molecule has 3 atom stereocenters. The van der Waals surface area contributed by atoms with Crippen LogP contribution >= 0.6 is 0 Å². The quantitative estimate of drug-likeness (QED) is 0.837. The van der Waals surface area contributed by atoms with Crippen LogP contribution in [0.4, 0.5) is 5.69 Å². The Labute approximate surface area is 132 Å². The molecule has 4 heteroatoms. The van der Waals surface area contributed by atoms with Crippen molar-refractivity contribution < 1.29 is 9.53 Å². The zero-order valence-corrected chi connectivity index (χ0v) is 13.0. The molecule has 22 heavy (non-hydrogen) atoms. The number of nitrogens with zero attached hydrogens (tertiary/aromatic N) is 2. The second-order valence-corrected chi connectivity index (χ2v) is 6.92. The van der Waals surface area contributed by atoms with Gasteiger partial charge in [-0.1, -0.05) is 18.2 Å². The Morgan fingerprint density at radius 3 is 2.41 bits per heavy atom. The number of fused-ring (bicyclic) bond motifs is 1. The molecule has 118 valence electrons. The summed E-state index contributed by atoms with van der Waals surface area (Å²) >= 11 is 0. The molecule has 0 bridgehead atoms. The van der Waals surface area contributed by atoms with Crippen LogP contribution in [0.3, 0.4) is 0 Å². The molecule has 0 radical (unpaired) electrons. The van der Waals surface area contributed by atoms with Crippen molar-refractivity contribution in [1.29, 1.82) is 0 Å². The summed E-state index contributed by atoms with van der Waals surface area (Å²) in [5.74, 6) is 1.71. The topological polar surface area (TPSA) is 32.8 Å². The van der Waals surface area contributed by atoms with E-state index in [-0.39, 0.29) is 5.92 Å². The lowest BCUT2D eigenvalue weighted by Crippen LogP contribution is -2.40. The molecule has 0 N–H and O–H groups in total. The van der Waals surface area contributed by atoms with E-state index in [1.807, 2.05) is 0 Å². The van der Waals surface area contributed by atoms with Gasteiger partial charge in [0, 0.05) is 50.3 Å². The first-order valence-electron chi connectivity index (χ1n) is 8.48. The Balaban J connectivity index is 1.36. The maximum absolute atomic E-state index is 12.6. The van der Waals surface area contributed by atoms with Gasteiger partial charge in [0.1, 0.15) is 0 Å². The van der Waals surface area contributed by atoms with E-state index in [4.69, 9.17) is 4.74 Å². The molecule has 1 aromatic carbocycles. The fourth-order valence-corrected chi connectivity index (χ4v) is 4.22. The van der Waals surface area contributed by atoms with Crippen molar-refractivity contribution in [2.24, 2.45) is 17.8 Å². The number of carbonyl (C=O) groups excluding carboxylic acids is 1. The predicted molar refractivity (Wildman–Crippen MR) is 85.8 cm³/mol. The van der Waals surface area contributed by atoms with Gasteiger partial charge in [-0.05, 0) is 25.0 Å². The largest absolute Gasteiger partial charge is 0.381 e. The first-order valence-corrected chi connectivity index (χ1v) is 8.48. The van der Waals surface area contributed by atoms with Crippen LogP contribution < -0.4 is 4.90 Å². The summed E-state index contributed by atoms with van der Waals surface area (Å²) in [6, 6.07) is 10.6. The van der Waals surface area contributed by atoms with Crippen molar-refractivity contribution in [1.82, 2.24) is 4.90 Å². The molecule has 0 unspecified atom stereocenters. The third-order valence-corrected chi connectivity index (χ3v) is 5.43. The number of anilines is 1. The van der Waals surface area contributed by atoms with Gasteiger partial charge in [0.2, 0.25) is 5.91 Å². The average molecular weight is 300 g/mol. The number of carbonyl (C=O) groups is 1. The Morgan fingerprint density at radius 2 is 1.77 bits per heavy atom. The molecule has 0 saturated carbocycles. The Bertz CT molecular complexity index is 513. The molecule has 3 aliphatic rings. The first-order chi connectivity index (χ1) is 10.8. The molecule has 1 aromatic rings. The second-order valence-electron chi connectivity index (χ2n) is 6.92. The Morgan fingerprint density at radius 1 is 1.05 bits per heavy atom. The highest BCUT2D eigenvalue weighted by molar-refractivity contribution is 5.79. The monoisotopic (exact) mass is 300 g/mol. The molecule has 3 fully saturated rings. The zero-order valence-electron chi connectivity index (χ0n) is 13.0. The SMILES string of the molecule is O=C([C@@H]1CCCOC1)N1C[C@@H]2CN(c3ccccc3)C[C@H]2C1. The van der Waals surface area contributed by atoms with Crippen LogP contribution in [-0.2, 0) is 9.53 Å². The fraction of sp³-hybridized carbons (Fsp3) is 0.611. The summed E-state index contributed by atoms with van der Waals surface area (Å²) < 4.78 is 5.48. The summed E-state index contributed by atoms with van der Waals surface area (Å²) in [7, 11) is 0. The van der Waals surface area contributed by atoms with Gasteiger partial charge in [-0.15, -0.1) is 0 Å². The van der Waals surface area contributed by atoms with Crippen molar-refractivity contribution in [3.8, 4) is 0 Å². The van der Waals surface area contributed by atoms with E-state index in [1.54, 1.807) is 0 Å². The predicted octanol–water partition coefficient (Wildman–Crippen LogP) is 2.01. The number of hydrogen-bond donors (Lipinski definition) is 0. The standard InChI is InChI=1S/C18H24N2O2/c21-18(14-5-4-8-22-13-14)20-11-15-9-19(10-16(15)12-20)17-6-2-1-3-7-17/h1-3,6-7,14-16H,4-5,8-13H2/t14-,15+,16+/m1/s1. The van der Waals surface area contributed by atoms with E-state index >= 15 is 0 Å². The van der Waals surface area contributed by atoms with Gasteiger partial charge < -0.3 is 14.5 Å².